The number of hydrogen-bond acceptors (Lipinski definition) is 5. The lowest BCUT2D eigenvalue weighted by atomic mass is 10.0. The standard InChI is InChI=1S/C24H21ClN4O4S/c25-20-7-8-21-18(15-20)16-22(26-21)34(31,32)28-13-11-27(12-14-28)23(30)17-3-5-19(6-4-17)24-9-1-2-10-29(24)33-24/h1-10,15-16,26H,11-14H2. The molecule has 1 unspecified atom stereocenters. The Morgan fingerprint density at radius 2 is 1.76 bits per heavy atom. The predicted molar refractivity (Wildman–Crippen MR) is 127 cm³/mol. The maximum Gasteiger partial charge on any atom is 0.258 e. The van der Waals surface area contributed by atoms with E-state index in [4.69, 9.17) is 16.4 Å². The van der Waals surface area contributed by atoms with Gasteiger partial charge in [-0.3, -0.25) is 4.79 Å². The summed E-state index contributed by atoms with van der Waals surface area (Å²) < 4.78 is 27.7. The van der Waals surface area contributed by atoms with Gasteiger partial charge < -0.3 is 9.88 Å². The normalized spacial score (nSPS) is 22.3. The van der Waals surface area contributed by atoms with E-state index < -0.39 is 15.7 Å². The second-order valence-electron chi connectivity index (χ2n) is 8.45. The van der Waals surface area contributed by atoms with Crippen LogP contribution >= 0.6 is 11.6 Å². The number of H-pyrrole nitrogens is 1. The van der Waals surface area contributed by atoms with E-state index in [0.29, 0.717) is 29.2 Å². The molecule has 1 aromatic heterocycles. The highest BCUT2D eigenvalue weighted by atomic mass is 35.5. The van der Waals surface area contributed by atoms with E-state index in [9.17, 15) is 13.2 Å². The molecule has 8 nitrogen and oxygen atoms in total. The van der Waals surface area contributed by atoms with Gasteiger partial charge in [-0.2, -0.15) is 4.31 Å². The first-order valence-electron chi connectivity index (χ1n) is 10.9. The highest BCUT2D eigenvalue weighted by molar-refractivity contribution is 7.89. The minimum atomic E-state index is -3.70. The highest BCUT2D eigenvalue weighted by Crippen LogP contribution is 2.47. The van der Waals surface area contributed by atoms with Crippen LogP contribution in [0.5, 0.6) is 0 Å². The van der Waals surface area contributed by atoms with Gasteiger partial charge in [0.05, 0.1) is 0 Å². The summed E-state index contributed by atoms with van der Waals surface area (Å²) in [4.78, 5) is 23.3. The van der Waals surface area contributed by atoms with Gasteiger partial charge in [0.2, 0.25) is 5.72 Å². The van der Waals surface area contributed by atoms with E-state index in [1.165, 1.54) is 4.31 Å². The molecular weight excluding hydrogens is 476 g/mol. The monoisotopic (exact) mass is 496 g/mol. The topological polar surface area (TPSA) is 89.0 Å². The number of amides is 1. The number of nitrogens with one attached hydrogen (secondary N) is 1. The van der Waals surface area contributed by atoms with Crippen LogP contribution in [0.1, 0.15) is 15.9 Å². The van der Waals surface area contributed by atoms with E-state index in [0.717, 1.165) is 10.9 Å². The molecule has 34 heavy (non-hydrogen) atoms. The van der Waals surface area contributed by atoms with Crippen LogP contribution in [-0.4, -0.2) is 59.8 Å². The number of fused-ring (bicyclic) bond motifs is 2. The van der Waals surface area contributed by atoms with Gasteiger partial charge in [0.15, 0.2) is 0 Å². The van der Waals surface area contributed by atoms with Gasteiger partial charge in [0.25, 0.3) is 15.9 Å². The Bertz CT molecular complexity index is 1460. The van der Waals surface area contributed by atoms with Crippen molar-refractivity contribution in [2.45, 2.75) is 10.8 Å². The number of sulfonamides is 1. The van der Waals surface area contributed by atoms with Crippen molar-refractivity contribution in [2.24, 2.45) is 0 Å². The molecule has 1 atom stereocenters. The molecule has 2 saturated heterocycles. The first-order chi connectivity index (χ1) is 16.4. The van der Waals surface area contributed by atoms with E-state index in [-0.39, 0.29) is 24.0 Å². The fourth-order valence-corrected chi connectivity index (χ4v) is 6.10. The molecule has 4 heterocycles. The lowest BCUT2D eigenvalue weighted by Crippen LogP contribution is -2.50. The number of hydrogen-bond donors (Lipinski definition) is 1. The van der Waals surface area contributed by atoms with Gasteiger partial charge in [-0.1, -0.05) is 29.8 Å². The number of nitrogens with zero attached hydrogens (tertiary/aromatic N) is 3. The van der Waals surface area contributed by atoms with E-state index >= 15 is 0 Å². The molecule has 0 bridgehead atoms. The maximum atomic E-state index is 13.1. The van der Waals surface area contributed by atoms with Crippen molar-refractivity contribution in [2.75, 3.05) is 26.2 Å². The molecule has 3 aromatic rings. The van der Waals surface area contributed by atoms with Gasteiger partial charge in [-0.15, -0.1) is 0 Å². The van der Waals surface area contributed by atoms with Crippen molar-refractivity contribution in [1.29, 1.82) is 0 Å². The molecule has 1 N–H and O–H groups in total. The zero-order valence-electron chi connectivity index (χ0n) is 18.0. The van der Waals surface area contributed by atoms with Gasteiger partial charge in [0.1, 0.15) is 5.03 Å². The van der Waals surface area contributed by atoms with Crippen molar-refractivity contribution in [3.63, 3.8) is 0 Å². The molecule has 0 saturated carbocycles. The second-order valence-corrected chi connectivity index (χ2v) is 10.8. The minimum Gasteiger partial charge on any atom is -0.345 e. The molecule has 3 aliphatic heterocycles. The molecule has 0 aliphatic carbocycles. The number of benzene rings is 2. The lowest BCUT2D eigenvalue weighted by Gasteiger charge is -2.33. The number of carbonyl (C=O) groups excluding carboxylic acids is 1. The van der Waals surface area contributed by atoms with Crippen LogP contribution in [0.4, 0.5) is 0 Å². The molecule has 174 valence electrons. The zero-order chi connectivity index (χ0) is 23.5. The van der Waals surface area contributed by atoms with Crippen LogP contribution in [-0.2, 0) is 20.6 Å². The SMILES string of the molecule is O=C(c1ccc(C23C=CC=CN2O3)cc1)N1CCN(S(=O)(=O)c2cc3cc(Cl)ccc3[nH]2)CC1. The van der Waals surface area contributed by atoms with E-state index in [1.807, 2.05) is 36.6 Å². The Hall–Kier alpha value is -3.11. The van der Waals surface area contributed by atoms with Crippen LogP contribution in [0.15, 0.2) is 78.0 Å². The third kappa shape index (κ3) is 3.43. The summed E-state index contributed by atoms with van der Waals surface area (Å²) >= 11 is 6.02. The summed E-state index contributed by atoms with van der Waals surface area (Å²) in [5.41, 5.74) is 1.65. The zero-order valence-corrected chi connectivity index (χ0v) is 19.6. The largest absolute Gasteiger partial charge is 0.345 e. The average molecular weight is 497 g/mol. The maximum absolute atomic E-state index is 13.1. The Kier molecular flexibility index (Phi) is 4.86. The third-order valence-corrected chi connectivity index (χ3v) is 8.49. The number of rotatable bonds is 4. The van der Waals surface area contributed by atoms with Crippen molar-refractivity contribution in [3.05, 3.63) is 89.1 Å². The predicted octanol–water partition coefficient (Wildman–Crippen LogP) is 3.45. The molecule has 1 amide bonds. The van der Waals surface area contributed by atoms with Crippen LogP contribution < -0.4 is 0 Å². The Balaban J connectivity index is 1.13. The number of hydroxylamine groups is 2. The van der Waals surface area contributed by atoms with Gasteiger partial charge in [-0.25, -0.2) is 18.3 Å². The Labute approximate surface area is 201 Å². The molecule has 0 radical (unpaired) electrons. The highest BCUT2D eigenvalue weighted by Gasteiger charge is 2.54. The summed E-state index contributed by atoms with van der Waals surface area (Å²) in [5.74, 6) is -0.117. The molecule has 6 rings (SSSR count). The number of carbonyl (C=O) groups is 1. The molecule has 2 fully saturated rings. The molecule has 0 spiro atoms. The number of piperazine rings is 1. The van der Waals surface area contributed by atoms with Crippen molar-refractivity contribution in [3.8, 4) is 0 Å². The first-order valence-corrected chi connectivity index (χ1v) is 12.7. The minimum absolute atomic E-state index is 0.117. The quantitative estimate of drug-likeness (QED) is 0.559. The van der Waals surface area contributed by atoms with E-state index in [2.05, 4.69) is 4.98 Å². The van der Waals surface area contributed by atoms with Crippen LogP contribution in [0.25, 0.3) is 10.9 Å². The number of allylic oxidation sites excluding steroid dienone is 2. The number of halogens is 1. The smallest absolute Gasteiger partial charge is 0.258 e. The Morgan fingerprint density at radius 3 is 2.50 bits per heavy atom. The van der Waals surface area contributed by atoms with Gasteiger partial charge >= 0.3 is 0 Å². The number of aromatic amines is 1. The fourth-order valence-electron chi connectivity index (χ4n) is 4.49. The number of aromatic nitrogens is 1. The van der Waals surface area contributed by atoms with Crippen molar-refractivity contribution in [1.82, 2.24) is 19.3 Å². The van der Waals surface area contributed by atoms with Gasteiger partial charge in [0, 0.05) is 59.4 Å². The van der Waals surface area contributed by atoms with Crippen molar-refractivity contribution >= 4 is 38.4 Å². The third-order valence-electron chi connectivity index (χ3n) is 6.43. The van der Waals surface area contributed by atoms with E-state index in [1.54, 1.807) is 46.4 Å². The molecular formula is C24H21ClN4O4S. The van der Waals surface area contributed by atoms with Crippen LogP contribution in [0.2, 0.25) is 5.02 Å². The second kappa shape index (κ2) is 7.71. The Morgan fingerprint density at radius 1 is 1.00 bits per heavy atom. The molecule has 10 heteroatoms. The lowest BCUT2D eigenvalue weighted by molar-refractivity contribution is 0.0697. The molecule has 2 aromatic carbocycles. The summed E-state index contributed by atoms with van der Waals surface area (Å²) in [6.45, 7) is 1.09. The van der Waals surface area contributed by atoms with Crippen LogP contribution in [0, 0.1) is 0 Å². The average Bonchev–Trinajstić information content (AvgIpc) is 3.47. The first kappa shape index (κ1) is 21.4. The molecule has 3 aliphatic rings. The summed E-state index contributed by atoms with van der Waals surface area (Å²) in [6.07, 6.45) is 7.65. The van der Waals surface area contributed by atoms with Gasteiger partial charge in [-0.05, 0) is 48.6 Å². The van der Waals surface area contributed by atoms with Crippen molar-refractivity contribution < 1.29 is 18.0 Å². The van der Waals surface area contributed by atoms with Crippen LogP contribution in [0.3, 0.4) is 0 Å². The summed E-state index contributed by atoms with van der Waals surface area (Å²) in [6, 6.07) is 14.1. The summed E-state index contributed by atoms with van der Waals surface area (Å²) in [7, 11) is -3.70. The fraction of sp³-hybridized carbons (Fsp3) is 0.208. The summed E-state index contributed by atoms with van der Waals surface area (Å²) in [5, 5.41) is 3.17.